The molecule has 2 aliphatic rings. The standard InChI is InChI=1S/C20H22N6O/c1-12-19(20(27)23-16-9-14-5-6-15(10-16)22-14)24-25-26(12)18-4-2-3-13-11-21-8-7-17(13)18/h2-4,7-8,11,14-16,22H,5-6,9-10H2,1H3,(H,23,27). The summed E-state index contributed by atoms with van der Waals surface area (Å²) in [5.74, 6) is -0.132. The lowest BCUT2D eigenvalue weighted by atomic mass is 9.99. The summed E-state index contributed by atoms with van der Waals surface area (Å²) >= 11 is 0. The van der Waals surface area contributed by atoms with E-state index in [9.17, 15) is 4.79 Å². The number of nitrogens with zero attached hydrogens (tertiary/aromatic N) is 4. The molecule has 0 radical (unpaired) electrons. The maximum absolute atomic E-state index is 12.8. The van der Waals surface area contributed by atoms with Crippen LogP contribution in [0.15, 0.2) is 36.7 Å². The Morgan fingerprint density at radius 3 is 2.85 bits per heavy atom. The first-order valence-electron chi connectivity index (χ1n) is 9.51. The Kier molecular flexibility index (Phi) is 3.89. The number of fused-ring (bicyclic) bond motifs is 3. The van der Waals surface area contributed by atoms with E-state index in [1.54, 1.807) is 10.9 Å². The highest BCUT2D eigenvalue weighted by Gasteiger charge is 2.34. The van der Waals surface area contributed by atoms with Crippen LogP contribution in [0.5, 0.6) is 0 Å². The molecular weight excluding hydrogens is 340 g/mol. The van der Waals surface area contributed by atoms with Crippen LogP contribution < -0.4 is 10.6 Å². The summed E-state index contributed by atoms with van der Waals surface area (Å²) in [6, 6.07) is 9.20. The quantitative estimate of drug-likeness (QED) is 0.746. The Bertz CT molecular complexity index is 995. The molecule has 2 atom stereocenters. The Labute approximate surface area is 157 Å². The number of benzene rings is 1. The molecule has 2 N–H and O–H groups in total. The maximum Gasteiger partial charge on any atom is 0.273 e. The van der Waals surface area contributed by atoms with E-state index in [1.807, 2.05) is 37.4 Å². The third kappa shape index (κ3) is 2.88. The second kappa shape index (κ2) is 6.42. The molecular formula is C20H22N6O. The molecule has 2 aliphatic heterocycles. The average Bonchev–Trinajstić information content (AvgIpc) is 3.23. The lowest BCUT2D eigenvalue weighted by Gasteiger charge is -2.29. The monoisotopic (exact) mass is 362 g/mol. The minimum absolute atomic E-state index is 0.132. The van der Waals surface area contributed by atoms with E-state index < -0.39 is 0 Å². The second-order valence-electron chi connectivity index (χ2n) is 7.59. The van der Waals surface area contributed by atoms with Crippen molar-refractivity contribution < 1.29 is 4.79 Å². The molecule has 7 nitrogen and oxygen atoms in total. The summed E-state index contributed by atoms with van der Waals surface area (Å²) in [6.45, 7) is 1.89. The van der Waals surface area contributed by atoms with Gasteiger partial charge in [0.05, 0.1) is 11.4 Å². The van der Waals surface area contributed by atoms with Crippen molar-refractivity contribution in [3.63, 3.8) is 0 Å². The highest BCUT2D eigenvalue weighted by atomic mass is 16.2. The lowest BCUT2D eigenvalue weighted by Crippen LogP contribution is -2.48. The molecule has 0 spiro atoms. The van der Waals surface area contributed by atoms with Crippen LogP contribution >= 0.6 is 0 Å². The van der Waals surface area contributed by atoms with Crippen LogP contribution in [0.25, 0.3) is 16.5 Å². The van der Waals surface area contributed by atoms with Crippen LogP contribution in [0.3, 0.4) is 0 Å². The van der Waals surface area contributed by atoms with E-state index in [-0.39, 0.29) is 11.9 Å². The van der Waals surface area contributed by atoms with Gasteiger partial charge in [-0.1, -0.05) is 17.3 Å². The van der Waals surface area contributed by atoms with Gasteiger partial charge in [0.25, 0.3) is 5.91 Å². The summed E-state index contributed by atoms with van der Waals surface area (Å²) in [5.41, 5.74) is 2.04. The number of hydrogen-bond donors (Lipinski definition) is 2. The van der Waals surface area contributed by atoms with Gasteiger partial charge in [-0.2, -0.15) is 0 Å². The molecule has 0 saturated carbocycles. The van der Waals surface area contributed by atoms with E-state index in [4.69, 9.17) is 0 Å². The molecule has 2 bridgehead atoms. The molecule has 2 saturated heterocycles. The Hall–Kier alpha value is -2.80. The van der Waals surface area contributed by atoms with E-state index >= 15 is 0 Å². The number of carbonyl (C=O) groups excluding carboxylic acids is 1. The number of carbonyl (C=O) groups is 1. The number of piperidine rings is 1. The molecule has 138 valence electrons. The smallest absolute Gasteiger partial charge is 0.273 e. The molecule has 4 heterocycles. The molecule has 1 amide bonds. The largest absolute Gasteiger partial charge is 0.348 e. The number of rotatable bonds is 3. The summed E-state index contributed by atoms with van der Waals surface area (Å²) in [4.78, 5) is 17.0. The molecule has 2 aromatic heterocycles. The van der Waals surface area contributed by atoms with E-state index in [0.29, 0.717) is 17.8 Å². The van der Waals surface area contributed by atoms with Crippen molar-refractivity contribution in [3.05, 3.63) is 48.0 Å². The fourth-order valence-corrected chi connectivity index (χ4v) is 4.49. The highest BCUT2D eigenvalue weighted by molar-refractivity contribution is 5.94. The van der Waals surface area contributed by atoms with Gasteiger partial charge in [0.1, 0.15) is 0 Å². The van der Waals surface area contributed by atoms with E-state index in [0.717, 1.165) is 35.0 Å². The molecule has 5 rings (SSSR count). The van der Waals surface area contributed by atoms with Gasteiger partial charge in [0.15, 0.2) is 5.69 Å². The van der Waals surface area contributed by atoms with Gasteiger partial charge in [-0.15, -0.1) is 5.10 Å². The van der Waals surface area contributed by atoms with Crippen LogP contribution in [0, 0.1) is 6.92 Å². The molecule has 7 heteroatoms. The zero-order valence-electron chi connectivity index (χ0n) is 15.2. The number of nitrogens with one attached hydrogen (secondary N) is 2. The lowest BCUT2D eigenvalue weighted by molar-refractivity contribution is 0.0918. The van der Waals surface area contributed by atoms with Gasteiger partial charge < -0.3 is 10.6 Å². The number of amides is 1. The Morgan fingerprint density at radius 2 is 2.04 bits per heavy atom. The first-order chi connectivity index (χ1) is 13.2. The molecule has 0 aliphatic carbocycles. The summed E-state index contributed by atoms with van der Waals surface area (Å²) in [6.07, 6.45) is 7.99. The normalized spacial score (nSPS) is 24.3. The molecule has 3 aromatic rings. The van der Waals surface area contributed by atoms with E-state index in [1.165, 1.54) is 12.8 Å². The van der Waals surface area contributed by atoms with Crippen molar-refractivity contribution in [1.29, 1.82) is 0 Å². The van der Waals surface area contributed by atoms with Crippen LogP contribution in [0.1, 0.15) is 41.9 Å². The minimum Gasteiger partial charge on any atom is -0.348 e. The van der Waals surface area contributed by atoms with Crippen molar-refractivity contribution in [2.45, 2.75) is 50.7 Å². The fraction of sp³-hybridized carbons (Fsp3) is 0.400. The summed E-state index contributed by atoms with van der Waals surface area (Å²) < 4.78 is 1.74. The fourth-order valence-electron chi connectivity index (χ4n) is 4.49. The molecule has 2 unspecified atom stereocenters. The molecule has 27 heavy (non-hydrogen) atoms. The summed E-state index contributed by atoms with van der Waals surface area (Å²) in [5, 5.41) is 17.3. The van der Waals surface area contributed by atoms with Gasteiger partial charge in [-0.3, -0.25) is 9.78 Å². The van der Waals surface area contributed by atoms with E-state index in [2.05, 4.69) is 25.9 Å². The number of aromatic nitrogens is 4. The van der Waals surface area contributed by atoms with Crippen molar-refractivity contribution in [2.75, 3.05) is 0 Å². The third-order valence-corrected chi connectivity index (χ3v) is 5.80. The van der Waals surface area contributed by atoms with Crippen molar-refractivity contribution in [3.8, 4) is 5.69 Å². The zero-order valence-corrected chi connectivity index (χ0v) is 15.2. The second-order valence-corrected chi connectivity index (χ2v) is 7.59. The van der Waals surface area contributed by atoms with Crippen molar-refractivity contribution in [1.82, 2.24) is 30.6 Å². The Balaban J connectivity index is 1.42. The van der Waals surface area contributed by atoms with Gasteiger partial charge in [-0.05, 0) is 44.7 Å². The predicted molar refractivity (Wildman–Crippen MR) is 102 cm³/mol. The molecule has 2 fully saturated rings. The SMILES string of the molecule is Cc1c(C(=O)NC2CC3CCC(C2)N3)nnn1-c1cccc2cnccc12. The van der Waals surface area contributed by atoms with Crippen LogP contribution in [0.2, 0.25) is 0 Å². The third-order valence-electron chi connectivity index (χ3n) is 5.80. The number of pyridine rings is 1. The van der Waals surface area contributed by atoms with Crippen molar-refractivity contribution >= 4 is 16.7 Å². The Morgan fingerprint density at radius 1 is 1.22 bits per heavy atom. The predicted octanol–water partition coefficient (Wildman–Crippen LogP) is 2.14. The van der Waals surface area contributed by atoms with Gasteiger partial charge in [0, 0.05) is 41.3 Å². The zero-order chi connectivity index (χ0) is 18.4. The van der Waals surface area contributed by atoms with Gasteiger partial charge in [-0.25, -0.2) is 4.68 Å². The number of hydrogen-bond acceptors (Lipinski definition) is 5. The van der Waals surface area contributed by atoms with Gasteiger partial charge >= 0.3 is 0 Å². The van der Waals surface area contributed by atoms with Crippen molar-refractivity contribution in [2.24, 2.45) is 0 Å². The van der Waals surface area contributed by atoms with Crippen LogP contribution in [0.4, 0.5) is 0 Å². The maximum atomic E-state index is 12.8. The minimum atomic E-state index is -0.132. The average molecular weight is 362 g/mol. The van der Waals surface area contributed by atoms with Crippen LogP contribution in [-0.2, 0) is 0 Å². The first kappa shape index (κ1) is 16.4. The van der Waals surface area contributed by atoms with Crippen LogP contribution in [-0.4, -0.2) is 44.0 Å². The van der Waals surface area contributed by atoms with Gasteiger partial charge in [0.2, 0.25) is 0 Å². The molecule has 1 aromatic carbocycles. The topological polar surface area (TPSA) is 84.7 Å². The first-order valence-corrected chi connectivity index (χ1v) is 9.51. The summed E-state index contributed by atoms with van der Waals surface area (Å²) in [7, 11) is 0. The highest BCUT2D eigenvalue weighted by Crippen LogP contribution is 2.27.